The Bertz CT molecular complexity index is 916. The molecule has 1 aliphatic rings. The van der Waals surface area contributed by atoms with Crippen molar-refractivity contribution in [1.29, 1.82) is 0 Å². The third kappa shape index (κ3) is 5.02. The monoisotopic (exact) mass is 411 g/mol. The predicted molar refractivity (Wildman–Crippen MR) is 123 cm³/mol. The fourth-order valence-electron chi connectivity index (χ4n) is 3.94. The number of benzene rings is 1. The SMILES string of the molecule is C=Cc1c(C)nn(CCCCN2CCN(c3ccccc3OCC)CC2)c(=O)c1N. The van der Waals surface area contributed by atoms with Gasteiger partial charge in [-0.25, -0.2) is 4.68 Å². The van der Waals surface area contributed by atoms with Gasteiger partial charge in [0.15, 0.2) is 0 Å². The molecule has 3 rings (SSSR count). The first-order valence-corrected chi connectivity index (χ1v) is 10.7. The number of nitrogens with two attached hydrogens (primary N) is 1. The number of anilines is 2. The number of para-hydroxylation sites is 2. The summed E-state index contributed by atoms with van der Waals surface area (Å²) >= 11 is 0. The van der Waals surface area contributed by atoms with E-state index in [0.29, 0.717) is 18.7 Å². The van der Waals surface area contributed by atoms with Crippen LogP contribution in [-0.2, 0) is 6.54 Å². The van der Waals surface area contributed by atoms with E-state index < -0.39 is 0 Å². The smallest absolute Gasteiger partial charge is 0.290 e. The van der Waals surface area contributed by atoms with Gasteiger partial charge in [-0.05, 0) is 45.4 Å². The first-order chi connectivity index (χ1) is 14.5. The van der Waals surface area contributed by atoms with Crippen LogP contribution in [0.15, 0.2) is 35.6 Å². The van der Waals surface area contributed by atoms with E-state index in [0.717, 1.165) is 57.0 Å². The number of nitrogen functional groups attached to an aromatic ring is 1. The van der Waals surface area contributed by atoms with E-state index in [1.807, 2.05) is 26.0 Å². The van der Waals surface area contributed by atoms with Gasteiger partial charge in [-0.3, -0.25) is 9.69 Å². The lowest BCUT2D eigenvalue weighted by Gasteiger charge is -2.36. The van der Waals surface area contributed by atoms with Gasteiger partial charge < -0.3 is 15.4 Å². The summed E-state index contributed by atoms with van der Waals surface area (Å²) in [5, 5.41) is 4.38. The normalized spacial score (nSPS) is 14.7. The third-order valence-electron chi connectivity index (χ3n) is 5.59. The summed E-state index contributed by atoms with van der Waals surface area (Å²) in [6.45, 7) is 13.9. The summed E-state index contributed by atoms with van der Waals surface area (Å²) in [5.74, 6) is 0.962. The summed E-state index contributed by atoms with van der Waals surface area (Å²) in [5.41, 5.74) is 8.51. The average molecular weight is 412 g/mol. The Morgan fingerprint density at radius 3 is 2.57 bits per heavy atom. The van der Waals surface area contributed by atoms with E-state index in [2.05, 4.69) is 33.6 Å². The molecule has 1 aliphatic heterocycles. The second-order valence-electron chi connectivity index (χ2n) is 7.58. The van der Waals surface area contributed by atoms with Crippen LogP contribution in [0.4, 0.5) is 11.4 Å². The van der Waals surface area contributed by atoms with Gasteiger partial charge in [-0.1, -0.05) is 24.8 Å². The van der Waals surface area contributed by atoms with Crippen molar-refractivity contribution in [3.8, 4) is 5.75 Å². The van der Waals surface area contributed by atoms with E-state index >= 15 is 0 Å². The van der Waals surface area contributed by atoms with Crippen LogP contribution >= 0.6 is 0 Å². The molecule has 0 aliphatic carbocycles. The Labute approximate surface area is 178 Å². The van der Waals surface area contributed by atoms with Gasteiger partial charge in [0.05, 0.1) is 18.0 Å². The van der Waals surface area contributed by atoms with Crippen molar-refractivity contribution in [3.05, 3.63) is 52.5 Å². The van der Waals surface area contributed by atoms with Crippen molar-refractivity contribution >= 4 is 17.5 Å². The molecule has 2 aromatic rings. The highest BCUT2D eigenvalue weighted by Gasteiger charge is 2.19. The molecule has 7 nitrogen and oxygen atoms in total. The summed E-state index contributed by atoms with van der Waals surface area (Å²) in [7, 11) is 0. The molecule has 1 aromatic carbocycles. The van der Waals surface area contributed by atoms with E-state index in [9.17, 15) is 4.79 Å². The molecular formula is C23H33N5O2. The maximum atomic E-state index is 12.3. The molecule has 30 heavy (non-hydrogen) atoms. The summed E-state index contributed by atoms with van der Waals surface area (Å²) < 4.78 is 7.26. The minimum Gasteiger partial charge on any atom is -0.492 e. The number of piperazine rings is 1. The molecule has 162 valence electrons. The largest absolute Gasteiger partial charge is 0.492 e. The molecule has 1 saturated heterocycles. The van der Waals surface area contributed by atoms with E-state index in [-0.39, 0.29) is 11.2 Å². The van der Waals surface area contributed by atoms with Crippen molar-refractivity contribution in [2.24, 2.45) is 0 Å². The highest BCUT2D eigenvalue weighted by molar-refractivity contribution is 5.63. The number of hydrogen-bond acceptors (Lipinski definition) is 6. The number of nitrogens with zero attached hydrogens (tertiary/aromatic N) is 4. The highest BCUT2D eigenvalue weighted by atomic mass is 16.5. The molecule has 0 saturated carbocycles. The standard InChI is InChI=1S/C23H33N5O2/c1-4-19-18(3)25-28(23(29)22(19)24)13-9-8-12-26-14-16-27(17-15-26)20-10-6-7-11-21(20)30-5-2/h4,6-7,10-11H,1,5,8-9,12-17,24H2,2-3H3. The Hall–Kier alpha value is -2.80. The van der Waals surface area contributed by atoms with Crippen LogP contribution in [0, 0.1) is 6.92 Å². The fraction of sp³-hybridized carbons (Fsp3) is 0.478. The van der Waals surface area contributed by atoms with Crippen LogP contribution in [0.3, 0.4) is 0 Å². The summed E-state index contributed by atoms with van der Waals surface area (Å²) in [6, 6.07) is 8.26. The zero-order valence-corrected chi connectivity index (χ0v) is 18.1. The molecule has 0 unspecified atom stereocenters. The average Bonchev–Trinajstić information content (AvgIpc) is 2.76. The van der Waals surface area contributed by atoms with Gasteiger partial charge in [-0.15, -0.1) is 0 Å². The van der Waals surface area contributed by atoms with Gasteiger partial charge >= 0.3 is 0 Å². The minimum atomic E-state index is -0.225. The van der Waals surface area contributed by atoms with Crippen molar-refractivity contribution < 1.29 is 4.74 Å². The fourth-order valence-corrected chi connectivity index (χ4v) is 3.94. The van der Waals surface area contributed by atoms with Gasteiger partial charge in [0.1, 0.15) is 11.4 Å². The predicted octanol–water partition coefficient (Wildman–Crippen LogP) is 2.78. The topological polar surface area (TPSA) is 76.6 Å². The third-order valence-corrected chi connectivity index (χ3v) is 5.59. The number of rotatable bonds is 9. The van der Waals surface area contributed by atoms with Gasteiger partial charge in [-0.2, -0.15) is 5.10 Å². The van der Waals surface area contributed by atoms with Crippen molar-refractivity contribution in [1.82, 2.24) is 14.7 Å². The Kier molecular flexibility index (Phi) is 7.52. The molecule has 2 N–H and O–H groups in total. The number of unbranched alkanes of at least 4 members (excludes halogenated alkanes) is 1. The summed E-state index contributed by atoms with van der Waals surface area (Å²) in [6.07, 6.45) is 3.51. The van der Waals surface area contributed by atoms with Gasteiger partial charge in [0, 0.05) is 38.3 Å². The number of aryl methyl sites for hydroxylation is 2. The minimum absolute atomic E-state index is 0.225. The molecule has 2 heterocycles. The van der Waals surface area contributed by atoms with E-state index in [4.69, 9.17) is 10.5 Å². The molecule has 7 heteroatoms. The Morgan fingerprint density at radius 2 is 1.87 bits per heavy atom. The number of ether oxygens (including phenoxy) is 1. The molecule has 0 amide bonds. The second kappa shape index (κ2) is 10.3. The van der Waals surface area contributed by atoms with Crippen molar-refractivity contribution in [2.45, 2.75) is 33.2 Å². The maximum absolute atomic E-state index is 12.3. The van der Waals surface area contributed by atoms with Crippen LogP contribution < -0.4 is 20.9 Å². The van der Waals surface area contributed by atoms with Gasteiger partial charge in [0.2, 0.25) is 0 Å². The van der Waals surface area contributed by atoms with Crippen LogP contribution in [0.25, 0.3) is 6.08 Å². The maximum Gasteiger partial charge on any atom is 0.290 e. The molecule has 0 radical (unpaired) electrons. The zero-order valence-electron chi connectivity index (χ0n) is 18.1. The van der Waals surface area contributed by atoms with Crippen LogP contribution in [0.5, 0.6) is 5.75 Å². The summed E-state index contributed by atoms with van der Waals surface area (Å²) in [4.78, 5) is 17.2. The lowest BCUT2D eigenvalue weighted by atomic mass is 10.2. The quantitative estimate of drug-likeness (QED) is 0.640. The molecule has 1 fully saturated rings. The number of hydrogen-bond donors (Lipinski definition) is 1. The van der Waals surface area contributed by atoms with Crippen LogP contribution in [0.2, 0.25) is 0 Å². The van der Waals surface area contributed by atoms with Crippen molar-refractivity contribution in [3.63, 3.8) is 0 Å². The second-order valence-corrected chi connectivity index (χ2v) is 7.58. The lowest BCUT2D eigenvalue weighted by Crippen LogP contribution is -2.46. The Morgan fingerprint density at radius 1 is 1.17 bits per heavy atom. The molecular weight excluding hydrogens is 378 g/mol. The first-order valence-electron chi connectivity index (χ1n) is 10.7. The number of aromatic nitrogens is 2. The lowest BCUT2D eigenvalue weighted by molar-refractivity contribution is 0.249. The van der Waals surface area contributed by atoms with E-state index in [1.54, 1.807) is 6.08 Å². The molecule has 1 aromatic heterocycles. The molecule has 0 spiro atoms. The van der Waals surface area contributed by atoms with E-state index in [1.165, 1.54) is 10.4 Å². The highest BCUT2D eigenvalue weighted by Crippen LogP contribution is 2.28. The molecule has 0 bridgehead atoms. The Balaban J connectivity index is 1.46. The van der Waals surface area contributed by atoms with Gasteiger partial charge in [0.25, 0.3) is 5.56 Å². The zero-order chi connectivity index (χ0) is 21.5. The molecule has 0 atom stereocenters. The van der Waals surface area contributed by atoms with Crippen LogP contribution in [0.1, 0.15) is 31.0 Å². The van der Waals surface area contributed by atoms with Crippen LogP contribution in [-0.4, -0.2) is 54.0 Å². The first kappa shape index (κ1) is 21.9. The van der Waals surface area contributed by atoms with Crippen molar-refractivity contribution in [2.75, 3.05) is 50.0 Å².